The fourth-order valence-electron chi connectivity index (χ4n) is 2.13. The van der Waals surface area contributed by atoms with Crippen molar-refractivity contribution in [2.24, 2.45) is 5.92 Å². The lowest BCUT2D eigenvalue weighted by atomic mass is 9.84. The molecule has 80 valence electrons. The minimum absolute atomic E-state index is 0.244. The van der Waals surface area contributed by atoms with E-state index in [0.29, 0.717) is 6.42 Å². The quantitative estimate of drug-likeness (QED) is 0.632. The average Bonchev–Trinajstić information content (AvgIpc) is 2.26. The van der Waals surface area contributed by atoms with Gasteiger partial charge in [-0.05, 0) is 19.3 Å². The maximum Gasteiger partial charge on any atom is 0.164 e. The molecule has 0 N–H and O–H groups in total. The number of rotatable bonds is 5. The van der Waals surface area contributed by atoms with Crippen molar-refractivity contribution in [1.82, 2.24) is 0 Å². The van der Waals surface area contributed by atoms with Crippen molar-refractivity contribution in [3.8, 4) is 0 Å². The minimum atomic E-state index is -0.254. The van der Waals surface area contributed by atoms with Gasteiger partial charge in [0.25, 0.3) is 0 Å². The van der Waals surface area contributed by atoms with Gasteiger partial charge in [-0.2, -0.15) is 0 Å². The van der Waals surface area contributed by atoms with Crippen LogP contribution in [0.4, 0.5) is 0 Å². The van der Waals surface area contributed by atoms with Crippen LogP contribution in [0.5, 0.6) is 0 Å². The summed E-state index contributed by atoms with van der Waals surface area (Å²) in [6.45, 7) is 3.64. The maximum absolute atomic E-state index is 11.9. The number of hydrogen-bond donors (Lipinski definition) is 0. The van der Waals surface area contributed by atoms with Gasteiger partial charge in [0.05, 0.1) is 0 Å². The molecule has 1 unspecified atom stereocenters. The summed E-state index contributed by atoms with van der Waals surface area (Å²) in [6.07, 6.45) is 7.92. The number of Topliss-reactive ketones (excluding diaryl/α,β-unsaturated/α-hetero) is 1. The first-order chi connectivity index (χ1) is 6.79. The predicted octanol–water partition coefficient (Wildman–Crippen LogP) is 2.73. The summed E-state index contributed by atoms with van der Waals surface area (Å²) in [5, 5.41) is 0. The third kappa shape index (κ3) is 2.95. The Hall–Kier alpha value is -0.630. The van der Waals surface area contributed by atoms with Crippen molar-refractivity contribution in [3.63, 3.8) is 0 Å². The molecule has 1 saturated carbocycles. The number of ketones is 1. The first kappa shape index (κ1) is 11.4. The second-order valence-electron chi connectivity index (χ2n) is 3.99. The van der Waals surface area contributed by atoms with Crippen LogP contribution in [-0.4, -0.2) is 19.0 Å². The minimum Gasteiger partial charge on any atom is -0.373 e. The van der Waals surface area contributed by atoms with E-state index in [9.17, 15) is 4.79 Å². The topological polar surface area (TPSA) is 26.3 Å². The zero-order valence-corrected chi connectivity index (χ0v) is 9.00. The van der Waals surface area contributed by atoms with Crippen LogP contribution in [0.1, 0.15) is 38.5 Å². The zero-order valence-electron chi connectivity index (χ0n) is 9.00. The molecule has 0 radical (unpaired) electrons. The Morgan fingerprint density at radius 2 is 2.14 bits per heavy atom. The van der Waals surface area contributed by atoms with Crippen molar-refractivity contribution in [3.05, 3.63) is 12.7 Å². The van der Waals surface area contributed by atoms with Gasteiger partial charge in [-0.25, -0.2) is 0 Å². The van der Waals surface area contributed by atoms with Crippen LogP contribution >= 0.6 is 0 Å². The Morgan fingerprint density at radius 1 is 1.50 bits per heavy atom. The molecule has 1 rings (SSSR count). The van der Waals surface area contributed by atoms with Crippen LogP contribution in [0.3, 0.4) is 0 Å². The van der Waals surface area contributed by atoms with Gasteiger partial charge in [-0.3, -0.25) is 4.79 Å². The number of methoxy groups -OCH3 is 1. The second kappa shape index (κ2) is 5.97. The fourth-order valence-corrected chi connectivity index (χ4v) is 2.13. The summed E-state index contributed by atoms with van der Waals surface area (Å²) in [4.78, 5) is 11.9. The van der Waals surface area contributed by atoms with E-state index in [1.165, 1.54) is 19.3 Å². The molecule has 0 aromatic rings. The van der Waals surface area contributed by atoms with E-state index in [0.717, 1.165) is 12.8 Å². The van der Waals surface area contributed by atoms with Crippen LogP contribution in [0.15, 0.2) is 12.7 Å². The Bertz CT molecular complexity index is 192. The number of hydrogen-bond acceptors (Lipinski definition) is 2. The average molecular weight is 196 g/mol. The van der Waals surface area contributed by atoms with E-state index in [2.05, 4.69) is 6.58 Å². The molecule has 1 aliphatic rings. The van der Waals surface area contributed by atoms with Gasteiger partial charge in [0.2, 0.25) is 0 Å². The van der Waals surface area contributed by atoms with E-state index < -0.39 is 0 Å². The van der Waals surface area contributed by atoms with Gasteiger partial charge in [0.1, 0.15) is 6.10 Å². The Labute approximate surface area is 86.3 Å². The molecule has 14 heavy (non-hydrogen) atoms. The Kier molecular flexibility index (Phi) is 4.88. The molecule has 0 aromatic carbocycles. The SMILES string of the molecule is C=CCC(OC)C(=O)C1CCCCC1. The summed E-state index contributed by atoms with van der Waals surface area (Å²) in [5.41, 5.74) is 0. The molecular formula is C12H20O2. The van der Waals surface area contributed by atoms with E-state index in [1.807, 2.05) is 0 Å². The summed E-state index contributed by atoms with van der Waals surface area (Å²) in [6, 6.07) is 0. The van der Waals surface area contributed by atoms with Crippen molar-refractivity contribution < 1.29 is 9.53 Å². The van der Waals surface area contributed by atoms with Crippen LogP contribution < -0.4 is 0 Å². The standard InChI is InChI=1S/C12H20O2/c1-3-7-11(14-2)12(13)10-8-5-4-6-9-10/h3,10-11H,1,4-9H2,2H3. The fraction of sp³-hybridized carbons (Fsp3) is 0.750. The van der Waals surface area contributed by atoms with E-state index in [-0.39, 0.29) is 17.8 Å². The van der Waals surface area contributed by atoms with Gasteiger partial charge in [0, 0.05) is 13.0 Å². The van der Waals surface area contributed by atoms with Crippen LogP contribution in [0.2, 0.25) is 0 Å². The van der Waals surface area contributed by atoms with Crippen LogP contribution in [0.25, 0.3) is 0 Å². The molecular weight excluding hydrogens is 176 g/mol. The molecule has 1 atom stereocenters. The normalized spacial score (nSPS) is 20.4. The van der Waals surface area contributed by atoms with Crippen molar-refractivity contribution >= 4 is 5.78 Å². The highest BCUT2D eigenvalue weighted by Gasteiger charge is 2.27. The van der Waals surface area contributed by atoms with E-state index in [1.54, 1.807) is 13.2 Å². The number of ether oxygens (including phenoxy) is 1. The highest BCUT2D eigenvalue weighted by Crippen LogP contribution is 2.26. The van der Waals surface area contributed by atoms with E-state index in [4.69, 9.17) is 4.74 Å². The lowest BCUT2D eigenvalue weighted by Gasteiger charge is -2.23. The molecule has 0 saturated heterocycles. The smallest absolute Gasteiger partial charge is 0.164 e. The monoisotopic (exact) mass is 196 g/mol. The summed E-state index contributed by atoms with van der Waals surface area (Å²) in [5.74, 6) is 0.528. The molecule has 1 fully saturated rings. The lowest BCUT2D eigenvalue weighted by Crippen LogP contribution is -2.30. The third-order valence-corrected chi connectivity index (χ3v) is 2.99. The van der Waals surface area contributed by atoms with Crippen molar-refractivity contribution in [2.45, 2.75) is 44.6 Å². The van der Waals surface area contributed by atoms with Crippen LogP contribution in [-0.2, 0) is 9.53 Å². The van der Waals surface area contributed by atoms with Crippen LogP contribution in [0, 0.1) is 5.92 Å². The molecule has 0 heterocycles. The van der Waals surface area contributed by atoms with Gasteiger partial charge in [0.15, 0.2) is 5.78 Å². The molecule has 1 aliphatic carbocycles. The number of carbonyl (C=O) groups excluding carboxylic acids is 1. The molecule has 2 nitrogen and oxygen atoms in total. The highest BCUT2D eigenvalue weighted by molar-refractivity contribution is 5.85. The van der Waals surface area contributed by atoms with Crippen molar-refractivity contribution in [2.75, 3.05) is 7.11 Å². The molecule has 0 bridgehead atoms. The molecule has 0 amide bonds. The molecule has 0 aromatic heterocycles. The predicted molar refractivity (Wildman–Crippen MR) is 57.2 cm³/mol. The molecule has 0 spiro atoms. The van der Waals surface area contributed by atoms with Gasteiger partial charge < -0.3 is 4.74 Å². The summed E-state index contributed by atoms with van der Waals surface area (Å²) >= 11 is 0. The molecule has 0 aliphatic heterocycles. The highest BCUT2D eigenvalue weighted by atomic mass is 16.5. The largest absolute Gasteiger partial charge is 0.373 e. The first-order valence-corrected chi connectivity index (χ1v) is 5.47. The lowest BCUT2D eigenvalue weighted by molar-refractivity contribution is -0.133. The van der Waals surface area contributed by atoms with Crippen molar-refractivity contribution in [1.29, 1.82) is 0 Å². The van der Waals surface area contributed by atoms with Gasteiger partial charge in [-0.15, -0.1) is 6.58 Å². The summed E-state index contributed by atoms with van der Waals surface area (Å²) in [7, 11) is 1.61. The summed E-state index contributed by atoms with van der Waals surface area (Å²) < 4.78 is 5.18. The van der Waals surface area contributed by atoms with Gasteiger partial charge >= 0.3 is 0 Å². The zero-order chi connectivity index (χ0) is 10.4. The van der Waals surface area contributed by atoms with Gasteiger partial charge in [-0.1, -0.05) is 25.3 Å². The Morgan fingerprint density at radius 3 is 2.64 bits per heavy atom. The first-order valence-electron chi connectivity index (χ1n) is 5.47. The third-order valence-electron chi connectivity index (χ3n) is 2.99. The second-order valence-corrected chi connectivity index (χ2v) is 3.99. The van der Waals surface area contributed by atoms with E-state index >= 15 is 0 Å². The number of carbonyl (C=O) groups is 1. The molecule has 2 heteroatoms. The Balaban J connectivity index is 2.47. The maximum atomic E-state index is 11.9.